The summed E-state index contributed by atoms with van der Waals surface area (Å²) in [5.74, 6) is -1.95. The Morgan fingerprint density at radius 3 is 2.43 bits per heavy atom. The second-order valence-corrected chi connectivity index (χ2v) is 5.72. The number of carboxylic acids is 1. The lowest BCUT2D eigenvalue weighted by atomic mass is 9.97. The van der Waals surface area contributed by atoms with Gasteiger partial charge >= 0.3 is 11.9 Å². The van der Waals surface area contributed by atoms with E-state index in [1.165, 1.54) is 0 Å². The van der Waals surface area contributed by atoms with Gasteiger partial charge in [-0.05, 0) is 31.6 Å². The number of hydrogen-bond donors (Lipinski definition) is 2. The van der Waals surface area contributed by atoms with Gasteiger partial charge < -0.3 is 15.2 Å². The van der Waals surface area contributed by atoms with Crippen LogP contribution in [0.5, 0.6) is 0 Å². The minimum Gasteiger partial charge on any atom is -0.480 e. The Balaban J connectivity index is 2.49. The summed E-state index contributed by atoms with van der Waals surface area (Å²) in [5, 5.41) is 11.8. The predicted molar refractivity (Wildman–Crippen MR) is 76.6 cm³/mol. The summed E-state index contributed by atoms with van der Waals surface area (Å²) in [6.45, 7) is 3.59. The lowest BCUT2D eigenvalue weighted by Gasteiger charge is -2.21. The van der Waals surface area contributed by atoms with Crippen molar-refractivity contribution < 1.29 is 24.2 Å². The zero-order chi connectivity index (χ0) is 15.8. The van der Waals surface area contributed by atoms with Crippen LogP contribution in [0, 0.1) is 11.8 Å². The van der Waals surface area contributed by atoms with Gasteiger partial charge in [-0.15, -0.1) is 0 Å². The van der Waals surface area contributed by atoms with Crippen molar-refractivity contribution in [3.63, 3.8) is 0 Å². The number of carboxylic acid groups (broad SMARTS) is 1. The molecule has 0 aromatic carbocycles. The summed E-state index contributed by atoms with van der Waals surface area (Å²) in [6.07, 6.45) is 4.69. The highest BCUT2D eigenvalue weighted by Gasteiger charge is 2.29. The molecule has 0 heterocycles. The second-order valence-electron chi connectivity index (χ2n) is 5.72. The summed E-state index contributed by atoms with van der Waals surface area (Å²) in [7, 11) is 0. The summed E-state index contributed by atoms with van der Waals surface area (Å²) in [6, 6.07) is -1.05. The Hall–Kier alpha value is -1.59. The van der Waals surface area contributed by atoms with Gasteiger partial charge in [0.05, 0.1) is 13.0 Å². The molecule has 1 aliphatic rings. The van der Waals surface area contributed by atoms with Gasteiger partial charge in [-0.2, -0.15) is 0 Å². The summed E-state index contributed by atoms with van der Waals surface area (Å²) in [4.78, 5) is 34.6. The lowest BCUT2D eigenvalue weighted by molar-refractivity contribution is -0.147. The van der Waals surface area contributed by atoms with Gasteiger partial charge in [0.25, 0.3) is 0 Å². The molecule has 1 rings (SSSR count). The van der Waals surface area contributed by atoms with Crippen molar-refractivity contribution in [1.82, 2.24) is 5.32 Å². The molecule has 0 bridgehead atoms. The van der Waals surface area contributed by atoms with E-state index in [-0.39, 0.29) is 18.9 Å². The van der Waals surface area contributed by atoms with Crippen LogP contribution in [0.1, 0.15) is 52.4 Å². The first kappa shape index (κ1) is 17.5. The van der Waals surface area contributed by atoms with E-state index in [9.17, 15) is 19.5 Å². The van der Waals surface area contributed by atoms with E-state index >= 15 is 0 Å². The van der Waals surface area contributed by atoms with Crippen molar-refractivity contribution >= 4 is 17.8 Å². The number of hydrogen-bond acceptors (Lipinski definition) is 4. The standard InChI is InChI=1S/C15H25NO5/c1-3-21-13(18)8-10(2)14(15(19)20)16-12(17)9-11-6-4-5-7-11/h10-11,14H,3-9H2,1-2H3,(H,16,17)(H,19,20)/t10-,14-/m0/s1. The number of ether oxygens (including phenoxy) is 1. The normalized spacial score (nSPS) is 18.0. The number of aliphatic carboxylic acids is 1. The third-order valence-corrected chi connectivity index (χ3v) is 3.89. The average molecular weight is 299 g/mol. The van der Waals surface area contributed by atoms with Gasteiger partial charge in [0, 0.05) is 6.42 Å². The fourth-order valence-corrected chi connectivity index (χ4v) is 2.76. The van der Waals surface area contributed by atoms with Crippen LogP contribution in [-0.4, -0.2) is 35.6 Å². The van der Waals surface area contributed by atoms with E-state index in [0.29, 0.717) is 12.3 Å². The molecule has 1 saturated carbocycles. The highest BCUT2D eigenvalue weighted by Crippen LogP contribution is 2.27. The largest absolute Gasteiger partial charge is 0.480 e. The molecule has 2 N–H and O–H groups in total. The molecular formula is C15H25NO5. The maximum atomic E-state index is 11.9. The van der Waals surface area contributed by atoms with E-state index in [2.05, 4.69) is 5.32 Å². The minimum absolute atomic E-state index is 0.0193. The number of carbonyl (C=O) groups excluding carboxylic acids is 2. The third kappa shape index (κ3) is 6.14. The molecule has 0 aliphatic heterocycles. The Kier molecular flexibility index (Phi) is 7.19. The van der Waals surface area contributed by atoms with Crippen LogP contribution in [0.25, 0.3) is 0 Å². The molecule has 0 saturated heterocycles. The van der Waals surface area contributed by atoms with Crippen LogP contribution in [0.4, 0.5) is 0 Å². The van der Waals surface area contributed by atoms with Crippen LogP contribution in [0.2, 0.25) is 0 Å². The molecule has 0 aromatic rings. The molecule has 120 valence electrons. The van der Waals surface area contributed by atoms with Gasteiger partial charge in [-0.25, -0.2) is 4.79 Å². The first-order valence-electron chi connectivity index (χ1n) is 7.61. The second kappa shape index (κ2) is 8.64. The van der Waals surface area contributed by atoms with Crippen LogP contribution in [0.3, 0.4) is 0 Å². The summed E-state index contributed by atoms with van der Waals surface area (Å²) >= 11 is 0. The zero-order valence-electron chi connectivity index (χ0n) is 12.8. The first-order chi connectivity index (χ1) is 9.93. The van der Waals surface area contributed by atoms with Crippen LogP contribution < -0.4 is 5.32 Å². The monoisotopic (exact) mass is 299 g/mol. The van der Waals surface area contributed by atoms with Crippen molar-refractivity contribution in [1.29, 1.82) is 0 Å². The molecule has 1 aliphatic carbocycles. The molecule has 2 atom stereocenters. The first-order valence-corrected chi connectivity index (χ1v) is 7.61. The quantitative estimate of drug-likeness (QED) is 0.666. The van der Waals surface area contributed by atoms with Crippen LogP contribution in [-0.2, 0) is 19.1 Å². The Bertz CT molecular complexity index is 376. The molecule has 0 radical (unpaired) electrons. The van der Waals surface area contributed by atoms with Crippen molar-refractivity contribution in [2.45, 2.75) is 58.4 Å². The number of carbonyl (C=O) groups is 3. The molecule has 21 heavy (non-hydrogen) atoms. The van der Waals surface area contributed by atoms with Crippen LogP contribution in [0.15, 0.2) is 0 Å². The topological polar surface area (TPSA) is 92.7 Å². The van der Waals surface area contributed by atoms with Gasteiger partial charge in [0.2, 0.25) is 5.91 Å². The highest BCUT2D eigenvalue weighted by molar-refractivity contribution is 5.84. The van der Waals surface area contributed by atoms with Crippen molar-refractivity contribution in [2.75, 3.05) is 6.61 Å². The highest BCUT2D eigenvalue weighted by atomic mass is 16.5. The Morgan fingerprint density at radius 1 is 1.29 bits per heavy atom. The van der Waals surface area contributed by atoms with Gasteiger partial charge in [-0.1, -0.05) is 19.8 Å². The summed E-state index contributed by atoms with van der Waals surface area (Å²) < 4.78 is 4.81. The average Bonchev–Trinajstić information content (AvgIpc) is 2.88. The minimum atomic E-state index is -1.12. The SMILES string of the molecule is CCOC(=O)C[C@H](C)[C@H](NC(=O)CC1CCCC1)C(=O)O. The fourth-order valence-electron chi connectivity index (χ4n) is 2.76. The molecule has 1 amide bonds. The van der Waals surface area contributed by atoms with E-state index in [1.807, 2.05) is 0 Å². The van der Waals surface area contributed by atoms with Gasteiger partial charge in [0.15, 0.2) is 0 Å². The van der Waals surface area contributed by atoms with E-state index in [4.69, 9.17) is 4.74 Å². The number of amides is 1. The van der Waals surface area contributed by atoms with E-state index in [0.717, 1.165) is 25.7 Å². The Morgan fingerprint density at radius 2 is 1.90 bits per heavy atom. The molecular weight excluding hydrogens is 274 g/mol. The van der Waals surface area contributed by atoms with Crippen LogP contribution >= 0.6 is 0 Å². The molecule has 1 fully saturated rings. The third-order valence-electron chi connectivity index (χ3n) is 3.89. The predicted octanol–water partition coefficient (Wildman–Crippen LogP) is 1.73. The maximum Gasteiger partial charge on any atom is 0.326 e. The molecule has 0 aromatic heterocycles. The number of rotatable bonds is 8. The van der Waals surface area contributed by atoms with Crippen molar-refractivity contribution in [2.24, 2.45) is 11.8 Å². The fraction of sp³-hybridized carbons (Fsp3) is 0.800. The van der Waals surface area contributed by atoms with E-state index < -0.39 is 23.9 Å². The number of esters is 1. The lowest BCUT2D eigenvalue weighted by Crippen LogP contribution is -2.46. The molecule has 6 nitrogen and oxygen atoms in total. The summed E-state index contributed by atoms with van der Waals surface area (Å²) in [5.41, 5.74) is 0. The smallest absolute Gasteiger partial charge is 0.326 e. The van der Waals surface area contributed by atoms with Gasteiger partial charge in [0.1, 0.15) is 6.04 Å². The maximum absolute atomic E-state index is 11.9. The van der Waals surface area contributed by atoms with Crippen molar-refractivity contribution in [3.8, 4) is 0 Å². The molecule has 6 heteroatoms. The van der Waals surface area contributed by atoms with Gasteiger partial charge in [-0.3, -0.25) is 9.59 Å². The van der Waals surface area contributed by atoms with Crippen molar-refractivity contribution in [3.05, 3.63) is 0 Å². The Labute approximate surface area is 125 Å². The van der Waals surface area contributed by atoms with E-state index in [1.54, 1.807) is 13.8 Å². The zero-order valence-corrected chi connectivity index (χ0v) is 12.8. The molecule has 0 unspecified atom stereocenters. The molecule has 0 spiro atoms. The number of nitrogens with one attached hydrogen (secondary N) is 1.